The van der Waals surface area contributed by atoms with Gasteiger partial charge in [-0.25, -0.2) is 5.43 Å². The van der Waals surface area contributed by atoms with E-state index in [1.807, 2.05) is 24.3 Å². The number of furan rings is 1. The van der Waals surface area contributed by atoms with Gasteiger partial charge < -0.3 is 4.42 Å². The van der Waals surface area contributed by atoms with Crippen LogP contribution in [0.2, 0.25) is 0 Å². The molecule has 1 N–H and O–H groups in total. The smallest absolute Gasteiger partial charge is 0.307 e. The van der Waals surface area contributed by atoms with Crippen molar-refractivity contribution in [3.63, 3.8) is 0 Å². The normalized spacial score (nSPS) is 10.6. The van der Waals surface area contributed by atoms with E-state index in [9.17, 15) is 4.79 Å². The number of nitrogens with one attached hydrogen (secondary N) is 1. The van der Waals surface area contributed by atoms with Gasteiger partial charge in [-0.2, -0.15) is 5.10 Å². The molecule has 0 saturated carbocycles. The molecule has 1 aromatic heterocycles. The molecule has 1 amide bonds. The van der Waals surface area contributed by atoms with Crippen molar-refractivity contribution in [2.75, 3.05) is 0 Å². The summed E-state index contributed by atoms with van der Waals surface area (Å²) in [6, 6.07) is 10.8. The van der Waals surface area contributed by atoms with Crippen LogP contribution in [0.3, 0.4) is 0 Å². The third-order valence-corrected chi connectivity index (χ3v) is 2.47. The van der Waals surface area contributed by atoms with Crippen LogP contribution in [0.25, 0.3) is 0 Å². The maximum Gasteiger partial charge on any atom is 0.307 e. The third kappa shape index (κ3) is 3.29. The van der Waals surface area contributed by atoms with Crippen molar-refractivity contribution in [2.45, 2.75) is 0 Å². The molecule has 0 saturated heterocycles. The molecule has 86 valence electrons. The number of amides is 1. The van der Waals surface area contributed by atoms with Crippen molar-refractivity contribution in [1.82, 2.24) is 5.43 Å². The van der Waals surface area contributed by atoms with Crippen molar-refractivity contribution >= 4 is 28.1 Å². The summed E-state index contributed by atoms with van der Waals surface area (Å²) in [6.07, 6.45) is 3.00. The number of nitrogens with zero attached hydrogens (tertiary/aromatic N) is 1. The summed E-state index contributed by atoms with van der Waals surface area (Å²) in [4.78, 5) is 11.4. The number of halogens is 1. The fourth-order valence-corrected chi connectivity index (χ4v) is 1.63. The molecule has 2 rings (SSSR count). The number of carbonyl (C=O) groups excluding carboxylic acids is 1. The topological polar surface area (TPSA) is 54.6 Å². The molecule has 2 aromatic rings. The molecule has 0 atom stereocenters. The minimum absolute atomic E-state index is 0.233. The molecule has 0 unspecified atom stereocenters. The monoisotopic (exact) mass is 292 g/mol. The average Bonchev–Trinajstić information content (AvgIpc) is 2.82. The van der Waals surface area contributed by atoms with Crippen molar-refractivity contribution < 1.29 is 9.21 Å². The van der Waals surface area contributed by atoms with E-state index in [1.54, 1.807) is 18.3 Å². The van der Waals surface area contributed by atoms with Gasteiger partial charge in [-0.1, -0.05) is 28.1 Å². The lowest BCUT2D eigenvalue weighted by molar-refractivity contribution is 0.0927. The van der Waals surface area contributed by atoms with Crippen LogP contribution >= 0.6 is 15.9 Å². The number of carbonyl (C=O) groups is 1. The van der Waals surface area contributed by atoms with Crippen molar-refractivity contribution in [2.24, 2.45) is 5.10 Å². The highest BCUT2D eigenvalue weighted by Gasteiger charge is 2.05. The second kappa shape index (κ2) is 5.45. The molecule has 1 heterocycles. The molecule has 4 nitrogen and oxygen atoms in total. The number of hydrogen-bond donors (Lipinski definition) is 1. The Balaban J connectivity index is 1.96. The molecule has 0 aliphatic rings. The Bertz CT molecular complexity index is 535. The van der Waals surface area contributed by atoms with Gasteiger partial charge >= 0.3 is 5.91 Å². The largest absolute Gasteiger partial charge is 0.459 e. The van der Waals surface area contributed by atoms with Crippen LogP contribution < -0.4 is 5.43 Å². The Morgan fingerprint density at radius 1 is 1.35 bits per heavy atom. The molecule has 0 radical (unpaired) electrons. The van der Waals surface area contributed by atoms with Gasteiger partial charge in [-0.3, -0.25) is 4.79 Å². The first-order valence-corrected chi connectivity index (χ1v) is 5.67. The molecule has 1 aromatic carbocycles. The fraction of sp³-hybridized carbons (Fsp3) is 0. The van der Waals surface area contributed by atoms with E-state index in [1.165, 1.54) is 6.26 Å². The maximum atomic E-state index is 11.4. The molecular formula is C12H9BrN2O2. The SMILES string of the molecule is O=C(N/N=C/c1cccc(Br)c1)c1ccco1. The first kappa shape index (κ1) is 11.6. The van der Waals surface area contributed by atoms with Crippen LogP contribution in [0.1, 0.15) is 16.1 Å². The summed E-state index contributed by atoms with van der Waals surface area (Å²) in [6.45, 7) is 0. The highest BCUT2D eigenvalue weighted by molar-refractivity contribution is 9.10. The van der Waals surface area contributed by atoms with Crippen molar-refractivity contribution in [3.8, 4) is 0 Å². The summed E-state index contributed by atoms with van der Waals surface area (Å²) in [5, 5.41) is 3.83. The second-order valence-electron chi connectivity index (χ2n) is 3.23. The van der Waals surface area contributed by atoms with Gasteiger partial charge in [0.1, 0.15) is 0 Å². The molecule has 0 spiro atoms. The van der Waals surface area contributed by atoms with Crippen LogP contribution in [-0.2, 0) is 0 Å². The zero-order chi connectivity index (χ0) is 12.1. The predicted molar refractivity (Wildman–Crippen MR) is 67.9 cm³/mol. The van der Waals surface area contributed by atoms with Crippen LogP contribution in [0, 0.1) is 0 Å². The summed E-state index contributed by atoms with van der Waals surface area (Å²) in [5.41, 5.74) is 3.26. The Morgan fingerprint density at radius 3 is 2.94 bits per heavy atom. The highest BCUT2D eigenvalue weighted by Crippen LogP contribution is 2.09. The van der Waals surface area contributed by atoms with Crippen LogP contribution in [-0.4, -0.2) is 12.1 Å². The molecule has 0 aliphatic heterocycles. The maximum absolute atomic E-state index is 11.4. The van der Waals surface area contributed by atoms with Crippen molar-refractivity contribution in [1.29, 1.82) is 0 Å². The van der Waals surface area contributed by atoms with Crippen molar-refractivity contribution in [3.05, 3.63) is 58.5 Å². The summed E-state index contributed by atoms with van der Waals surface area (Å²) >= 11 is 3.35. The summed E-state index contributed by atoms with van der Waals surface area (Å²) in [7, 11) is 0. The van der Waals surface area contributed by atoms with E-state index in [0.717, 1.165) is 10.0 Å². The Labute approximate surface area is 106 Å². The Morgan fingerprint density at radius 2 is 2.24 bits per heavy atom. The van der Waals surface area contributed by atoms with E-state index < -0.39 is 0 Å². The van der Waals surface area contributed by atoms with Gasteiger partial charge in [0.2, 0.25) is 0 Å². The Kier molecular flexibility index (Phi) is 3.72. The third-order valence-electron chi connectivity index (χ3n) is 1.97. The van der Waals surface area contributed by atoms with Crippen LogP contribution in [0.15, 0.2) is 56.7 Å². The minimum Gasteiger partial charge on any atom is -0.459 e. The lowest BCUT2D eigenvalue weighted by Gasteiger charge is -1.96. The van der Waals surface area contributed by atoms with E-state index in [2.05, 4.69) is 26.5 Å². The highest BCUT2D eigenvalue weighted by atomic mass is 79.9. The second-order valence-corrected chi connectivity index (χ2v) is 4.15. The first-order valence-electron chi connectivity index (χ1n) is 4.88. The van der Waals surface area contributed by atoms with E-state index >= 15 is 0 Å². The van der Waals surface area contributed by atoms with Gasteiger partial charge in [0.15, 0.2) is 5.76 Å². The molecule has 0 bridgehead atoms. The number of rotatable bonds is 3. The van der Waals surface area contributed by atoms with E-state index in [-0.39, 0.29) is 11.7 Å². The standard InChI is InChI=1S/C12H9BrN2O2/c13-10-4-1-3-9(7-10)8-14-15-12(16)11-5-2-6-17-11/h1-8H,(H,15,16)/b14-8+. The van der Waals surface area contributed by atoms with Crippen LogP contribution in [0.4, 0.5) is 0 Å². The summed E-state index contributed by atoms with van der Waals surface area (Å²) in [5.74, 6) is -0.141. The zero-order valence-electron chi connectivity index (χ0n) is 8.76. The zero-order valence-corrected chi connectivity index (χ0v) is 10.3. The number of hydrogen-bond acceptors (Lipinski definition) is 3. The molecule has 0 fully saturated rings. The van der Waals surface area contributed by atoms with Gasteiger partial charge in [0, 0.05) is 4.47 Å². The molecular weight excluding hydrogens is 284 g/mol. The fourth-order valence-electron chi connectivity index (χ4n) is 1.22. The van der Waals surface area contributed by atoms with Gasteiger partial charge in [-0.15, -0.1) is 0 Å². The van der Waals surface area contributed by atoms with E-state index in [4.69, 9.17) is 4.42 Å². The quantitative estimate of drug-likeness (QED) is 0.699. The molecule has 0 aliphatic carbocycles. The molecule has 5 heteroatoms. The van der Waals surface area contributed by atoms with Gasteiger partial charge in [-0.05, 0) is 29.8 Å². The van der Waals surface area contributed by atoms with Gasteiger partial charge in [0.25, 0.3) is 0 Å². The number of hydrazone groups is 1. The lowest BCUT2D eigenvalue weighted by Crippen LogP contribution is -2.16. The molecule has 17 heavy (non-hydrogen) atoms. The Hall–Kier alpha value is -1.88. The minimum atomic E-state index is -0.374. The first-order chi connectivity index (χ1) is 8.25. The van der Waals surface area contributed by atoms with Gasteiger partial charge in [0.05, 0.1) is 12.5 Å². The number of benzene rings is 1. The predicted octanol–water partition coefficient (Wildman–Crippen LogP) is 2.81. The van der Waals surface area contributed by atoms with E-state index in [0.29, 0.717) is 0 Å². The lowest BCUT2D eigenvalue weighted by atomic mass is 10.2. The van der Waals surface area contributed by atoms with Crippen LogP contribution in [0.5, 0.6) is 0 Å². The average molecular weight is 293 g/mol. The summed E-state index contributed by atoms with van der Waals surface area (Å²) < 4.78 is 5.88.